The quantitative estimate of drug-likeness (QED) is 0.937. The molecule has 0 aliphatic carbocycles. The molecular formula is C14H13F3N2O. The molecule has 3 nitrogen and oxygen atoms in total. The molecule has 6 heteroatoms. The fourth-order valence-electron chi connectivity index (χ4n) is 2.00. The van der Waals surface area contributed by atoms with E-state index in [9.17, 15) is 18.0 Å². The Hall–Kier alpha value is -2.11. The number of nitrogens with one attached hydrogen (secondary N) is 1. The highest BCUT2D eigenvalue weighted by Gasteiger charge is 2.30. The second kappa shape index (κ2) is 5.48. The Labute approximate surface area is 113 Å². The van der Waals surface area contributed by atoms with Gasteiger partial charge in [-0.3, -0.25) is 4.79 Å². The summed E-state index contributed by atoms with van der Waals surface area (Å²) >= 11 is 0. The molecule has 0 aliphatic heterocycles. The molecule has 0 unspecified atom stereocenters. The van der Waals surface area contributed by atoms with Gasteiger partial charge in [0.15, 0.2) is 0 Å². The van der Waals surface area contributed by atoms with Crippen LogP contribution in [0.5, 0.6) is 0 Å². The first-order chi connectivity index (χ1) is 9.43. The van der Waals surface area contributed by atoms with Crippen molar-refractivity contribution in [1.82, 2.24) is 9.97 Å². The Morgan fingerprint density at radius 1 is 1.30 bits per heavy atom. The summed E-state index contributed by atoms with van der Waals surface area (Å²) in [6.45, 7) is 1.89. The molecule has 0 bridgehead atoms. The van der Waals surface area contributed by atoms with Gasteiger partial charge in [-0.1, -0.05) is 25.5 Å². The van der Waals surface area contributed by atoms with Crippen molar-refractivity contribution >= 4 is 0 Å². The average molecular weight is 282 g/mol. The van der Waals surface area contributed by atoms with E-state index in [0.717, 1.165) is 12.1 Å². The van der Waals surface area contributed by atoms with Gasteiger partial charge in [0.25, 0.3) is 5.56 Å². The third-order valence-corrected chi connectivity index (χ3v) is 2.91. The number of halogens is 3. The standard InChI is InChI=1S/C14H13F3N2O/c1-2-4-11-12(18-8-19-13(11)20)9-5-3-6-10(7-9)14(15,16)17/h3,5-8H,2,4H2,1H3,(H,18,19,20). The minimum absolute atomic E-state index is 0.300. The lowest BCUT2D eigenvalue weighted by molar-refractivity contribution is -0.137. The fourth-order valence-corrected chi connectivity index (χ4v) is 2.00. The van der Waals surface area contributed by atoms with Crippen molar-refractivity contribution in [2.75, 3.05) is 0 Å². The summed E-state index contributed by atoms with van der Waals surface area (Å²) in [5.41, 5.74) is -0.0424. The third-order valence-electron chi connectivity index (χ3n) is 2.91. The zero-order valence-electron chi connectivity index (χ0n) is 10.8. The van der Waals surface area contributed by atoms with Crippen LogP contribution in [0.25, 0.3) is 11.3 Å². The highest BCUT2D eigenvalue weighted by Crippen LogP contribution is 2.32. The topological polar surface area (TPSA) is 45.8 Å². The van der Waals surface area contributed by atoms with Crippen molar-refractivity contribution in [1.29, 1.82) is 0 Å². The summed E-state index contributed by atoms with van der Waals surface area (Å²) in [6, 6.07) is 4.85. The first-order valence-corrected chi connectivity index (χ1v) is 6.17. The van der Waals surface area contributed by atoms with Crippen molar-refractivity contribution in [3.05, 3.63) is 52.1 Å². The van der Waals surface area contributed by atoms with Crippen LogP contribution in [0.15, 0.2) is 35.4 Å². The van der Waals surface area contributed by atoms with Crippen LogP contribution in [0.4, 0.5) is 13.2 Å². The highest BCUT2D eigenvalue weighted by atomic mass is 19.4. The molecule has 1 N–H and O–H groups in total. The van der Waals surface area contributed by atoms with E-state index < -0.39 is 11.7 Å². The molecular weight excluding hydrogens is 269 g/mol. The molecule has 1 aromatic heterocycles. The van der Waals surface area contributed by atoms with Crippen LogP contribution in [0.1, 0.15) is 24.5 Å². The summed E-state index contributed by atoms with van der Waals surface area (Å²) < 4.78 is 38.2. The lowest BCUT2D eigenvalue weighted by Crippen LogP contribution is -2.15. The maximum absolute atomic E-state index is 12.7. The number of H-pyrrole nitrogens is 1. The fraction of sp³-hybridized carbons (Fsp3) is 0.286. The van der Waals surface area contributed by atoms with Gasteiger partial charge in [0, 0.05) is 11.1 Å². The number of hydrogen-bond donors (Lipinski definition) is 1. The second-order valence-electron chi connectivity index (χ2n) is 4.39. The zero-order chi connectivity index (χ0) is 14.8. The van der Waals surface area contributed by atoms with Crippen LogP contribution >= 0.6 is 0 Å². The van der Waals surface area contributed by atoms with Crippen molar-refractivity contribution in [3.63, 3.8) is 0 Å². The van der Waals surface area contributed by atoms with Gasteiger partial charge in [-0.25, -0.2) is 4.98 Å². The molecule has 20 heavy (non-hydrogen) atoms. The number of hydrogen-bond acceptors (Lipinski definition) is 2. The van der Waals surface area contributed by atoms with E-state index >= 15 is 0 Å². The van der Waals surface area contributed by atoms with Gasteiger partial charge in [0.1, 0.15) is 0 Å². The predicted octanol–water partition coefficient (Wildman–Crippen LogP) is 3.41. The number of aromatic nitrogens is 2. The molecule has 2 aromatic rings. The molecule has 0 spiro atoms. The largest absolute Gasteiger partial charge is 0.416 e. The molecule has 0 saturated heterocycles. The molecule has 106 valence electrons. The van der Waals surface area contributed by atoms with Gasteiger partial charge in [-0.2, -0.15) is 13.2 Å². The molecule has 0 aliphatic rings. The maximum Gasteiger partial charge on any atom is 0.416 e. The number of benzene rings is 1. The van der Waals surface area contributed by atoms with Crippen LogP contribution in [0.3, 0.4) is 0 Å². The van der Waals surface area contributed by atoms with E-state index in [-0.39, 0.29) is 5.56 Å². The summed E-state index contributed by atoms with van der Waals surface area (Å²) in [5, 5.41) is 0. The molecule has 0 amide bonds. The number of aromatic amines is 1. The first kappa shape index (κ1) is 14.3. The van der Waals surface area contributed by atoms with Gasteiger partial charge >= 0.3 is 6.18 Å². The summed E-state index contributed by atoms with van der Waals surface area (Å²) in [4.78, 5) is 18.2. The molecule has 0 saturated carbocycles. The number of nitrogens with zero attached hydrogens (tertiary/aromatic N) is 1. The maximum atomic E-state index is 12.7. The van der Waals surface area contributed by atoms with Gasteiger partial charge in [0.2, 0.25) is 0 Å². The molecule has 0 radical (unpaired) electrons. The first-order valence-electron chi connectivity index (χ1n) is 6.17. The lowest BCUT2D eigenvalue weighted by atomic mass is 10.0. The third kappa shape index (κ3) is 2.89. The highest BCUT2D eigenvalue weighted by molar-refractivity contribution is 5.63. The minimum atomic E-state index is -4.41. The monoisotopic (exact) mass is 282 g/mol. The Bertz CT molecular complexity index is 662. The van der Waals surface area contributed by atoms with E-state index in [1.807, 2.05) is 6.92 Å². The van der Waals surface area contributed by atoms with Crippen molar-refractivity contribution in [2.24, 2.45) is 0 Å². The van der Waals surface area contributed by atoms with Crippen LogP contribution in [0, 0.1) is 0 Å². The zero-order valence-corrected chi connectivity index (χ0v) is 10.8. The smallest absolute Gasteiger partial charge is 0.313 e. The van der Waals surface area contributed by atoms with Gasteiger partial charge in [-0.15, -0.1) is 0 Å². The van der Waals surface area contributed by atoms with Crippen molar-refractivity contribution < 1.29 is 13.2 Å². The van der Waals surface area contributed by atoms with Crippen LogP contribution < -0.4 is 5.56 Å². The Kier molecular flexibility index (Phi) is 3.92. The van der Waals surface area contributed by atoms with Crippen LogP contribution in [-0.2, 0) is 12.6 Å². The van der Waals surface area contributed by atoms with E-state index in [1.165, 1.54) is 18.5 Å². The van der Waals surface area contributed by atoms with E-state index in [4.69, 9.17) is 0 Å². The summed E-state index contributed by atoms with van der Waals surface area (Å²) in [6.07, 6.45) is -2.03. The predicted molar refractivity (Wildman–Crippen MR) is 69.3 cm³/mol. The Morgan fingerprint density at radius 3 is 2.70 bits per heavy atom. The minimum Gasteiger partial charge on any atom is -0.313 e. The normalized spacial score (nSPS) is 11.6. The lowest BCUT2D eigenvalue weighted by Gasteiger charge is -2.10. The molecule has 1 aromatic carbocycles. The van der Waals surface area contributed by atoms with Crippen LogP contribution in [0.2, 0.25) is 0 Å². The average Bonchev–Trinajstić information content (AvgIpc) is 2.40. The summed E-state index contributed by atoms with van der Waals surface area (Å²) in [7, 11) is 0. The second-order valence-corrected chi connectivity index (χ2v) is 4.39. The molecule has 1 heterocycles. The van der Waals surface area contributed by atoms with E-state index in [0.29, 0.717) is 29.7 Å². The number of alkyl halides is 3. The number of rotatable bonds is 3. The Balaban J connectivity index is 2.57. The molecule has 2 rings (SSSR count). The SMILES string of the molecule is CCCc1c(-c2cccc(C(F)(F)F)c2)nc[nH]c1=O. The van der Waals surface area contributed by atoms with Crippen molar-refractivity contribution in [3.8, 4) is 11.3 Å². The van der Waals surface area contributed by atoms with Crippen molar-refractivity contribution in [2.45, 2.75) is 25.9 Å². The van der Waals surface area contributed by atoms with Crippen LogP contribution in [-0.4, -0.2) is 9.97 Å². The van der Waals surface area contributed by atoms with E-state index in [1.54, 1.807) is 0 Å². The van der Waals surface area contributed by atoms with Gasteiger partial charge < -0.3 is 4.98 Å². The Morgan fingerprint density at radius 2 is 2.05 bits per heavy atom. The van der Waals surface area contributed by atoms with Gasteiger partial charge in [-0.05, 0) is 18.6 Å². The summed E-state index contributed by atoms with van der Waals surface area (Å²) in [5.74, 6) is 0. The molecule has 0 fully saturated rings. The molecule has 0 atom stereocenters. The van der Waals surface area contributed by atoms with E-state index in [2.05, 4.69) is 9.97 Å². The van der Waals surface area contributed by atoms with Gasteiger partial charge in [0.05, 0.1) is 17.6 Å².